The fourth-order valence-electron chi connectivity index (χ4n) is 2.88. The number of hydrogen-bond acceptors (Lipinski definition) is 5. The number of hydrogen-bond donors (Lipinski definition) is 1. The minimum atomic E-state index is -0.564. The number of ether oxygens (including phenoxy) is 1. The third kappa shape index (κ3) is 4.43. The van der Waals surface area contributed by atoms with Gasteiger partial charge in [0.15, 0.2) is 6.61 Å². The van der Waals surface area contributed by atoms with Gasteiger partial charge in [0, 0.05) is 17.5 Å². The molecule has 0 saturated carbocycles. The summed E-state index contributed by atoms with van der Waals surface area (Å²) in [5, 5.41) is 7.36. The van der Waals surface area contributed by atoms with Gasteiger partial charge in [-0.15, -0.1) is 0 Å². The molecule has 1 aromatic heterocycles. The van der Waals surface area contributed by atoms with Crippen LogP contribution in [0.15, 0.2) is 29.1 Å². The van der Waals surface area contributed by atoms with Crippen molar-refractivity contribution in [2.75, 3.05) is 6.61 Å². The molecule has 0 aliphatic carbocycles. The highest BCUT2D eigenvalue weighted by atomic mass is 16.5. The predicted octanol–water partition coefficient (Wildman–Crippen LogP) is 1.65. The Labute approximate surface area is 146 Å². The molecule has 1 heterocycles. The van der Waals surface area contributed by atoms with E-state index in [0.29, 0.717) is 16.5 Å². The topological polar surface area (TPSA) is 92.4 Å². The fraction of sp³-hybridized carbons (Fsp3) is 0.444. The maximum absolute atomic E-state index is 12.2. The first-order valence-electron chi connectivity index (χ1n) is 8.24. The lowest BCUT2D eigenvalue weighted by Gasteiger charge is -2.30. The van der Waals surface area contributed by atoms with Gasteiger partial charge in [-0.1, -0.05) is 18.2 Å². The zero-order valence-electron chi connectivity index (χ0n) is 14.9. The quantitative estimate of drug-likeness (QED) is 0.804. The first kappa shape index (κ1) is 18.6. The van der Waals surface area contributed by atoms with Gasteiger partial charge in [-0.3, -0.25) is 14.4 Å². The molecule has 0 bridgehead atoms. The molecule has 1 N–H and O–H groups in total. The van der Waals surface area contributed by atoms with E-state index in [4.69, 9.17) is 4.74 Å². The smallest absolute Gasteiger partial charge is 0.312 e. The Hall–Kier alpha value is -2.70. The van der Waals surface area contributed by atoms with Gasteiger partial charge < -0.3 is 9.64 Å². The van der Waals surface area contributed by atoms with E-state index in [2.05, 4.69) is 10.2 Å². The Morgan fingerprint density at radius 1 is 1.12 bits per heavy atom. The van der Waals surface area contributed by atoms with Gasteiger partial charge in [-0.2, -0.15) is 5.10 Å². The number of aromatic amines is 1. The van der Waals surface area contributed by atoms with Crippen LogP contribution in [0.3, 0.4) is 0 Å². The van der Waals surface area contributed by atoms with Crippen LogP contribution in [0.5, 0.6) is 0 Å². The minimum Gasteiger partial charge on any atom is -0.455 e. The highest BCUT2D eigenvalue weighted by molar-refractivity contribution is 5.87. The molecule has 134 valence electrons. The Kier molecular flexibility index (Phi) is 5.90. The van der Waals surface area contributed by atoms with E-state index in [9.17, 15) is 14.4 Å². The van der Waals surface area contributed by atoms with Crippen LogP contribution in [0.1, 0.15) is 33.4 Å². The van der Waals surface area contributed by atoms with Crippen molar-refractivity contribution >= 4 is 22.6 Å². The number of aromatic nitrogens is 2. The second-order valence-electron chi connectivity index (χ2n) is 6.37. The number of esters is 1. The van der Waals surface area contributed by atoms with Crippen molar-refractivity contribution in [3.8, 4) is 0 Å². The van der Waals surface area contributed by atoms with Crippen LogP contribution in [0, 0.1) is 0 Å². The fourth-order valence-corrected chi connectivity index (χ4v) is 2.88. The molecule has 7 nitrogen and oxygen atoms in total. The summed E-state index contributed by atoms with van der Waals surface area (Å²) >= 11 is 0. The molecular formula is C18H23N3O4. The number of carbonyl (C=O) groups excluding carboxylic acids is 2. The molecule has 7 heteroatoms. The van der Waals surface area contributed by atoms with Crippen molar-refractivity contribution in [3.05, 3.63) is 40.3 Å². The van der Waals surface area contributed by atoms with Crippen molar-refractivity contribution in [1.29, 1.82) is 0 Å². The molecule has 0 fully saturated rings. The van der Waals surface area contributed by atoms with E-state index >= 15 is 0 Å². The zero-order chi connectivity index (χ0) is 18.6. The largest absolute Gasteiger partial charge is 0.455 e. The number of rotatable bonds is 6. The average molecular weight is 345 g/mol. The van der Waals surface area contributed by atoms with Crippen molar-refractivity contribution in [3.63, 3.8) is 0 Å². The molecule has 25 heavy (non-hydrogen) atoms. The Morgan fingerprint density at radius 3 is 2.32 bits per heavy atom. The number of H-pyrrole nitrogens is 1. The van der Waals surface area contributed by atoms with E-state index in [1.807, 2.05) is 27.7 Å². The summed E-state index contributed by atoms with van der Waals surface area (Å²) in [4.78, 5) is 37.7. The summed E-state index contributed by atoms with van der Waals surface area (Å²) in [5.74, 6) is -0.803. The van der Waals surface area contributed by atoms with Crippen LogP contribution in [0.4, 0.5) is 0 Å². The Balaban J connectivity index is 2.05. The van der Waals surface area contributed by atoms with Crippen molar-refractivity contribution in [2.24, 2.45) is 0 Å². The first-order valence-corrected chi connectivity index (χ1v) is 8.24. The highest BCUT2D eigenvalue weighted by Gasteiger charge is 2.21. The molecule has 0 radical (unpaired) electrons. The minimum absolute atomic E-state index is 0.0241. The van der Waals surface area contributed by atoms with Gasteiger partial charge in [0.25, 0.3) is 11.5 Å². The maximum Gasteiger partial charge on any atom is 0.312 e. The SMILES string of the molecule is CC(C)N(C(=O)COC(=O)Cc1n[nH]c(=O)c2ccccc12)C(C)C. The zero-order valence-corrected chi connectivity index (χ0v) is 14.9. The van der Waals surface area contributed by atoms with Crippen LogP contribution in [-0.2, 0) is 20.7 Å². The molecule has 2 rings (SSSR count). The molecule has 0 saturated heterocycles. The second kappa shape index (κ2) is 7.92. The summed E-state index contributed by atoms with van der Waals surface area (Å²) in [6.07, 6.45) is -0.117. The second-order valence-corrected chi connectivity index (χ2v) is 6.37. The highest BCUT2D eigenvalue weighted by Crippen LogP contribution is 2.13. The van der Waals surface area contributed by atoms with Crippen LogP contribution in [0.25, 0.3) is 10.8 Å². The molecule has 0 spiro atoms. The predicted molar refractivity (Wildman–Crippen MR) is 94.1 cm³/mol. The lowest BCUT2D eigenvalue weighted by atomic mass is 10.1. The number of benzene rings is 1. The molecular weight excluding hydrogens is 322 g/mol. The Bertz CT molecular complexity index is 818. The lowest BCUT2D eigenvalue weighted by Crippen LogP contribution is -2.44. The standard InChI is InChI=1S/C18H23N3O4/c1-11(2)21(12(3)4)16(22)10-25-17(23)9-15-13-7-5-6-8-14(13)18(24)20-19-15/h5-8,11-12H,9-10H2,1-4H3,(H,20,24). The van der Waals surface area contributed by atoms with Crippen molar-refractivity contribution in [1.82, 2.24) is 15.1 Å². The van der Waals surface area contributed by atoms with E-state index in [0.717, 1.165) is 0 Å². The first-order chi connectivity index (χ1) is 11.8. The number of amides is 1. The summed E-state index contributed by atoms with van der Waals surface area (Å²) in [6.45, 7) is 7.34. The van der Waals surface area contributed by atoms with Gasteiger partial charge in [-0.25, -0.2) is 5.10 Å². The maximum atomic E-state index is 12.2. The van der Waals surface area contributed by atoms with Gasteiger partial charge >= 0.3 is 5.97 Å². The Morgan fingerprint density at radius 2 is 1.72 bits per heavy atom. The summed E-state index contributed by atoms with van der Waals surface area (Å²) in [7, 11) is 0. The van der Waals surface area contributed by atoms with Crippen LogP contribution in [-0.4, -0.2) is 45.7 Å². The normalized spacial score (nSPS) is 11.1. The van der Waals surface area contributed by atoms with Crippen LogP contribution < -0.4 is 5.56 Å². The van der Waals surface area contributed by atoms with Gasteiger partial charge in [0.05, 0.1) is 17.5 Å². The molecule has 0 unspecified atom stereocenters. The summed E-state index contributed by atoms with van der Waals surface area (Å²) in [6, 6.07) is 6.95. The molecule has 1 amide bonds. The number of fused-ring (bicyclic) bond motifs is 1. The van der Waals surface area contributed by atoms with E-state index in [1.54, 1.807) is 29.2 Å². The number of nitrogens with one attached hydrogen (secondary N) is 1. The molecule has 0 atom stereocenters. The van der Waals surface area contributed by atoms with Gasteiger partial charge in [0.2, 0.25) is 0 Å². The lowest BCUT2D eigenvalue weighted by molar-refractivity contribution is -0.153. The molecule has 1 aromatic carbocycles. The third-order valence-electron chi connectivity index (χ3n) is 3.84. The average Bonchev–Trinajstić information content (AvgIpc) is 2.55. The van der Waals surface area contributed by atoms with Gasteiger partial charge in [-0.05, 0) is 33.8 Å². The summed E-state index contributed by atoms with van der Waals surface area (Å²) < 4.78 is 5.11. The number of nitrogens with zero attached hydrogens (tertiary/aromatic N) is 2. The monoisotopic (exact) mass is 345 g/mol. The molecule has 0 aliphatic heterocycles. The van der Waals surface area contributed by atoms with Crippen LogP contribution >= 0.6 is 0 Å². The van der Waals surface area contributed by atoms with E-state index in [1.165, 1.54) is 0 Å². The van der Waals surface area contributed by atoms with Crippen molar-refractivity contribution in [2.45, 2.75) is 46.2 Å². The molecule has 0 aliphatic rings. The van der Waals surface area contributed by atoms with E-state index < -0.39 is 5.97 Å². The summed E-state index contributed by atoms with van der Waals surface area (Å²) in [5.41, 5.74) is 0.102. The van der Waals surface area contributed by atoms with Gasteiger partial charge in [0.1, 0.15) is 0 Å². The van der Waals surface area contributed by atoms with E-state index in [-0.39, 0.29) is 36.6 Å². The van der Waals surface area contributed by atoms with Crippen LogP contribution in [0.2, 0.25) is 0 Å². The number of carbonyl (C=O) groups is 2. The van der Waals surface area contributed by atoms with Crippen molar-refractivity contribution < 1.29 is 14.3 Å². The third-order valence-corrected chi connectivity index (χ3v) is 3.84. The molecule has 2 aromatic rings.